The smallest absolute Gasteiger partial charge is 0.265 e. The monoisotopic (exact) mass is 418 g/mol. The van der Waals surface area contributed by atoms with E-state index in [0.717, 1.165) is 53.4 Å². The fourth-order valence-corrected chi connectivity index (χ4v) is 4.93. The summed E-state index contributed by atoms with van der Waals surface area (Å²) in [7, 11) is 1.87. The van der Waals surface area contributed by atoms with Crippen LogP contribution in [0.3, 0.4) is 0 Å². The summed E-state index contributed by atoms with van der Waals surface area (Å²) in [5.41, 5.74) is 8.55. The Morgan fingerprint density at radius 2 is 2.03 bits per heavy atom. The molecule has 2 N–H and O–H groups in total. The number of rotatable bonds is 8. The Morgan fingerprint density at radius 3 is 2.72 bits per heavy atom. The third-order valence-electron chi connectivity index (χ3n) is 5.27. The second-order valence-electron chi connectivity index (χ2n) is 8.31. The van der Waals surface area contributed by atoms with Crippen LogP contribution in [0.4, 0.5) is 4.39 Å². The number of nitrogens with zero attached hydrogens (tertiary/aromatic N) is 2. The van der Waals surface area contributed by atoms with Crippen molar-refractivity contribution in [2.45, 2.75) is 58.5 Å². The molecular weight excluding hydrogens is 387 g/mol. The molecule has 1 aliphatic rings. The first kappa shape index (κ1) is 21.9. The molecule has 0 bridgehead atoms. The average molecular weight is 419 g/mol. The molecule has 2 heterocycles. The molecule has 0 saturated carbocycles. The highest BCUT2D eigenvalue weighted by Gasteiger charge is 2.25. The molecule has 29 heavy (non-hydrogen) atoms. The Labute approximate surface area is 176 Å². The van der Waals surface area contributed by atoms with E-state index in [2.05, 4.69) is 29.7 Å². The molecule has 1 aromatic heterocycles. The van der Waals surface area contributed by atoms with Crippen LogP contribution in [-0.4, -0.2) is 35.4 Å². The topological polar surface area (TPSA) is 57.3 Å². The van der Waals surface area contributed by atoms with Crippen molar-refractivity contribution in [1.29, 1.82) is 0 Å². The van der Waals surface area contributed by atoms with Gasteiger partial charge in [0.25, 0.3) is 5.91 Å². The molecule has 1 amide bonds. The lowest BCUT2D eigenvalue weighted by atomic mass is 9.99. The molecule has 0 spiro atoms. The molecule has 2 unspecified atom stereocenters. The van der Waals surface area contributed by atoms with E-state index < -0.39 is 0 Å². The predicted octanol–water partition coefficient (Wildman–Crippen LogP) is 4.25. The SMILES string of the molecule is Cc1nc(CC(C)C)sc1C(=O)N(C)CCCC1CC(c2ccc(F)cc2)NN1. The molecule has 2 atom stereocenters. The van der Waals surface area contributed by atoms with Gasteiger partial charge in [-0.1, -0.05) is 26.0 Å². The van der Waals surface area contributed by atoms with E-state index in [-0.39, 0.29) is 17.8 Å². The normalized spacial score (nSPS) is 19.1. The summed E-state index contributed by atoms with van der Waals surface area (Å²) in [5, 5.41) is 1.04. The highest BCUT2D eigenvalue weighted by atomic mass is 32.1. The molecule has 1 aromatic carbocycles. The Balaban J connectivity index is 1.45. The Bertz CT molecular complexity index is 821. The van der Waals surface area contributed by atoms with Crippen molar-refractivity contribution < 1.29 is 9.18 Å². The average Bonchev–Trinajstić information content (AvgIpc) is 3.28. The number of aryl methyl sites for hydroxylation is 1. The van der Waals surface area contributed by atoms with E-state index in [1.807, 2.05) is 26.1 Å². The van der Waals surface area contributed by atoms with Gasteiger partial charge >= 0.3 is 0 Å². The van der Waals surface area contributed by atoms with Gasteiger partial charge in [-0.15, -0.1) is 11.3 Å². The van der Waals surface area contributed by atoms with Gasteiger partial charge in [-0.25, -0.2) is 9.37 Å². The summed E-state index contributed by atoms with van der Waals surface area (Å²) in [4.78, 5) is 19.9. The van der Waals surface area contributed by atoms with Gasteiger partial charge < -0.3 is 4.90 Å². The number of hydrazine groups is 1. The number of nitrogens with one attached hydrogen (secondary N) is 2. The summed E-state index contributed by atoms with van der Waals surface area (Å²) in [6, 6.07) is 7.19. The standard InChI is InChI=1S/C22H31FN4OS/c1-14(2)12-20-24-15(3)21(29-20)22(28)27(4)11-5-6-18-13-19(26-25-18)16-7-9-17(23)10-8-16/h7-10,14,18-19,25-26H,5-6,11-13H2,1-4H3. The largest absolute Gasteiger partial charge is 0.341 e. The number of benzene rings is 1. The summed E-state index contributed by atoms with van der Waals surface area (Å²) in [5.74, 6) is 0.389. The second kappa shape index (κ2) is 9.78. The Morgan fingerprint density at radius 1 is 1.31 bits per heavy atom. The summed E-state index contributed by atoms with van der Waals surface area (Å²) in [6.45, 7) is 6.97. The fraction of sp³-hybridized carbons (Fsp3) is 0.545. The maximum Gasteiger partial charge on any atom is 0.265 e. The van der Waals surface area contributed by atoms with Gasteiger partial charge in [0.05, 0.1) is 10.7 Å². The number of halogens is 1. The molecular formula is C22H31FN4OS. The molecule has 7 heteroatoms. The van der Waals surface area contributed by atoms with Crippen molar-refractivity contribution in [2.75, 3.05) is 13.6 Å². The maximum absolute atomic E-state index is 13.1. The molecule has 1 aliphatic heterocycles. The number of carbonyl (C=O) groups is 1. The van der Waals surface area contributed by atoms with Gasteiger partial charge in [0.1, 0.15) is 10.7 Å². The summed E-state index contributed by atoms with van der Waals surface area (Å²) in [6.07, 6.45) is 3.77. The lowest BCUT2D eigenvalue weighted by molar-refractivity contribution is 0.0795. The third-order valence-corrected chi connectivity index (χ3v) is 6.43. The van der Waals surface area contributed by atoms with Crippen molar-refractivity contribution in [3.63, 3.8) is 0 Å². The summed E-state index contributed by atoms with van der Waals surface area (Å²) >= 11 is 1.53. The van der Waals surface area contributed by atoms with Crippen molar-refractivity contribution >= 4 is 17.2 Å². The Kier molecular flexibility index (Phi) is 7.38. The quantitative estimate of drug-likeness (QED) is 0.673. The summed E-state index contributed by atoms with van der Waals surface area (Å²) < 4.78 is 13.1. The highest BCUT2D eigenvalue weighted by Crippen LogP contribution is 2.25. The zero-order chi connectivity index (χ0) is 21.0. The molecule has 2 aromatic rings. The zero-order valence-corrected chi connectivity index (χ0v) is 18.5. The van der Waals surface area contributed by atoms with Gasteiger partial charge in [0.2, 0.25) is 0 Å². The van der Waals surface area contributed by atoms with Crippen LogP contribution in [-0.2, 0) is 6.42 Å². The molecule has 0 aliphatic carbocycles. The number of aromatic nitrogens is 1. The molecule has 158 valence electrons. The van der Waals surface area contributed by atoms with Crippen LogP contribution in [0.15, 0.2) is 24.3 Å². The highest BCUT2D eigenvalue weighted by molar-refractivity contribution is 7.13. The maximum atomic E-state index is 13.1. The van der Waals surface area contributed by atoms with Crippen LogP contribution < -0.4 is 10.9 Å². The number of hydrogen-bond donors (Lipinski definition) is 2. The van der Waals surface area contributed by atoms with E-state index >= 15 is 0 Å². The fourth-order valence-electron chi connectivity index (χ4n) is 3.66. The van der Waals surface area contributed by atoms with Crippen LogP contribution in [0, 0.1) is 18.7 Å². The first-order valence-corrected chi connectivity index (χ1v) is 11.1. The lowest BCUT2D eigenvalue weighted by Crippen LogP contribution is -2.32. The first-order valence-electron chi connectivity index (χ1n) is 10.3. The minimum Gasteiger partial charge on any atom is -0.341 e. The number of hydrogen-bond acceptors (Lipinski definition) is 5. The third kappa shape index (κ3) is 5.84. The van der Waals surface area contributed by atoms with Crippen LogP contribution in [0.5, 0.6) is 0 Å². The van der Waals surface area contributed by atoms with E-state index in [1.165, 1.54) is 23.5 Å². The van der Waals surface area contributed by atoms with Gasteiger partial charge in [-0.3, -0.25) is 15.6 Å². The molecule has 0 radical (unpaired) electrons. The number of thiazole rings is 1. The molecule has 3 rings (SSSR count). The van der Waals surface area contributed by atoms with Crippen molar-refractivity contribution in [2.24, 2.45) is 5.92 Å². The van der Waals surface area contributed by atoms with E-state index in [9.17, 15) is 9.18 Å². The van der Waals surface area contributed by atoms with Gasteiger partial charge in [0.15, 0.2) is 0 Å². The van der Waals surface area contributed by atoms with Crippen LogP contribution in [0.1, 0.15) is 65.1 Å². The van der Waals surface area contributed by atoms with Crippen molar-refractivity contribution in [3.05, 3.63) is 51.2 Å². The minimum atomic E-state index is -0.212. The Hall–Kier alpha value is -1.83. The molecule has 5 nitrogen and oxygen atoms in total. The number of amides is 1. The van der Waals surface area contributed by atoms with E-state index in [4.69, 9.17) is 0 Å². The molecule has 1 saturated heterocycles. The minimum absolute atomic E-state index is 0.0664. The zero-order valence-electron chi connectivity index (χ0n) is 17.7. The second-order valence-corrected chi connectivity index (χ2v) is 9.40. The predicted molar refractivity (Wildman–Crippen MR) is 115 cm³/mol. The first-order chi connectivity index (χ1) is 13.8. The van der Waals surface area contributed by atoms with E-state index in [0.29, 0.717) is 12.0 Å². The lowest BCUT2D eigenvalue weighted by Gasteiger charge is -2.17. The van der Waals surface area contributed by atoms with Gasteiger partial charge in [-0.2, -0.15) is 0 Å². The van der Waals surface area contributed by atoms with Gasteiger partial charge in [0, 0.05) is 32.1 Å². The number of carbonyl (C=O) groups excluding carboxylic acids is 1. The van der Waals surface area contributed by atoms with Crippen molar-refractivity contribution in [1.82, 2.24) is 20.7 Å². The van der Waals surface area contributed by atoms with E-state index in [1.54, 1.807) is 4.90 Å². The van der Waals surface area contributed by atoms with Crippen LogP contribution in [0.2, 0.25) is 0 Å². The van der Waals surface area contributed by atoms with Crippen LogP contribution >= 0.6 is 11.3 Å². The molecule has 1 fully saturated rings. The van der Waals surface area contributed by atoms with Crippen LogP contribution in [0.25, 0.3) is 0 Å². The van der Waals surface area contributed by atoms with Gasteiger partial charge in [-0.05, 0) is 49.8 Å². The van der Waals surface area contributed by atoms with Crippen molar-refractivity contribution in [3.8, 4) is 0 Å².